The second kappa shape index (κ2) is 15.9. The fourth-order valence-corrected chi connectivity index (χ4v) is 5.69. The van der Waals surface area contributed by atoms with Crippen molar-refractivity contribution in [2.24, 2.45) is 5.92 Å². The van der Waals surface area contributed by atoms with Gasteiger partial charge in [-0.15, -0.1) is 0 Å². The lowest BCUT2D eigenvalue weighted by Crippen LogP contribution is -2.44. The van der Waals surface area contributed by atoms with E-state index in [1.807, 2.05) is 55.1 Å². The molecular weight excluding hydrogens is 604 g/mol. The van der Waals surface area contributed by atoms with Gasteiger partial charge in [0.25, 0.3) is 11.8 Å². The normalized spacial score (nSPS) is 17.1. The Hall–Kier alpha value is -5.23. The number of carbonyl (C=O) groups is 5. The minimum absolute atomic E-state index is 0.00762. The number of carboxylic acid groups (broad SMARTS) is 2. The molecule has 0 spiro atoms. The molecule has 2 atom stereocenters. The first-order chi connectivity index (χ1) is 22.5. The van der Waals surface area contributed by atoms with Crippen molar-refractivity contribution in [1.29, 1.82) is 0 Å². The van der Waals surface area contributed by atoms with E-state index in [9.17, 15) is 14.4 Å². The Kier molecular flexibility index (Phi) is 11.7. The molecule has 248 valence electrons. The number of anilines is 2. The van der Waals surface area contributed by atoms with Crippen LogP contribution in [0.3, 0.4) is 0 Å². The molecule has 2 heterocycles. The molecule has 0 aliphatic carbocycles. The van der Waals surface area contributed by atoms with Gasteiger partial charge in [0.15, 0.2) is 6.10 Å². The average Bonchev–Trinajstić information content (AvgIpc) is 3.06. The molecule has 1 saturated heterocycles. The maximum Gasteiger partial charge on any atom is 0.414 e. The molecule has 0 saturated carbocycles. The van der Waals surface area contributed by atoms with Gasteiger partial charge in [0, 0.05) is 37.4 Å². The van der Waals surface area contributed by atoms with Crippen molar-refractivity contribution in [3.63, 3.8) is 0 Å². The predicted octanol–water partition coefficient (Wildman–Crippen LogP) is 4.56. The molecule has 0 radical (unpaired) electrons. The third-order valence-electron chi connectivity index (χ3n) is 8.13. The minimum Gasteiger partial charge on any atom is -0.479 e. The molecule has 2 unspecified atom stereocenters. The lowest BCUT2D eigenvalue weighted by Gasteiger charge is -2.35. The minimum atomic E-state index is -1.82. The number of nitrogens with zero attached hydrogens (tertiary/aromatic N) is 2. The van der Waals surface area contributed by atoms with Gasteiger partial charge in [0.05, 0.1) is 11.6 Å². The summed E-state index contributed by atoms with van der Waals surface area (Å²) in [6, 6.07) is 21.2. The Morgan fingerprint density at radius 2 is 1.68 bits per heavy atom. The SMILES string of the molecule is CCN(CC)C(=O)C1CCCN(Cc2cc(C(=O)Nc3ccc4c(c3)NC(=O)C(C)O4)ccc2-c2ccccc2)C1.O=C(O)C(=O)O. The fraction of sp³-hybridized carbons (Fsp3) is 0.343. The van der Waals surface area contributed by atoms with Crippen LogP contribution in [0.4, 0.5) is 11.4 Å². The van der Waals surface area contributed by atoms with Crippen LogP contribution in [0.15, 0.2) is 66.7 Å². The number of hydrogen-bond donors (Lipinski definition) is 4. The van der Waals surface area contributed by atoms with Gasteiger partial charge in [-0.2, -0.15) is 0 Å². The zero-order valence-electron chi connectivity index (χ0n) is 26.7. The Balaban J connectivity index is 0.000000762. The number of fused-ring (bicyclic) bond motifs is 1. The molecule has 2 aliphatic rings. The number of ether oxygens (including phenoxy) is 1. The second-order valence-corrected chi connectivity index (χ2v) is 11.3. The summed E-state index contributed by atoms with van der Waals surface area (Å²) in [4.78, 5) is 61.0. The topological polar surface area (TPSA) is 166 Å². The average molecular weight is 645 g/mol. The van der Waals surface area contributed by atoms with Crippen LogP contribution in [0, 0.1) is 5.92 Å². The number of carboxylic acids is 2. The summed E-state index contributed by atoms with van der Waals surface area (Å²) < 4.78 is 5.63. The van der Waals surface area contributed by atoms with Gasteiger partial charge in [0.2, 0.25) is 5.91 Å². The molecule has 3 aromatic rings. The zero-order chi connectivity index (χ0) is 34.1. The van der Waals surface area contributed by atoms with Crippen LogP contribution >= 0.6 is 0 Å². The first kappa shape index (κ1) is 34.6. The Morgan fingerprint density at radius 1 is 0.979 bits per heavy atom. The zero-order valence-corrected chi connectivity index (χ0v) is 26.7. The predicted molar refractivity (Wildman–Crippen MR) is 176 cm³/mol. The van der Waals surface area contributed by atoms with Crippen molar-refractivity contribution in [2.75, 3.05) is 36.8 Å². The van der Waals surface area contributed by atoms with E-state index in [2.05, 4.69) is 27.7 Å². The highest BCUT2D eigenvalue weighted by Gasteiger charge is 2.29. The molecule has 1 fully saturated rings. The molecule has 47 heavy (non-hydrogen) atoms. The Bertz CT molecular complexity index is 1610. The number of benzene rings is 3. The van der Waals surface area contributed by atoms with Gasteiger partial charge >= 0.3 is 11.9 Å². The number of aliphatic carboxylic acids is 2. The Labute approximate surface area is 273 Å². The molecule has 4 N–H and O–H groups in total. The van der Waals surface area contributed by atoms with E-state index in [0.29, 0.717) is 35.8 Å². The molecule has 0 aromatic heterocycles. The van der Waals surface area contributed by atoms with E-state index >= 15 is 0 Å². The van der Waals surface area contributed by atoms with Crippen molar-refractivity contribution in [1.82, 2.24) is 9.80 Å². The molecule has 5 rings (SSSR count). The number of rotatable bonds is 8. The van der Waals surface area contributed by atoms with E-state index < -0.39 is 18.0 Å². The first-order valence-electron chi connectivity index (χ1n) is 15.6. The van der Waals surface area contributed by atoms with Gasteiger partial charge in [-0.25, -0.2) is 9.59 Å². The number of hydrogen-bond acceptors (Lipinski definition) is 7. The first-order valence-corrected chi connectivity index (χ1v) is 15.6. The summed E-state index contributed by atoms with van der Waals surface area (Å²) in [7, 11) is 0. The lowest BCUT2D eigenvalue weighted by atomic mass is 9.93. The summed E-state index contributed by atoms with van der Waals surface area (Å²) in [5.74, 6) is -3.31. The highest BCUT2D eigenvalue weighted by molar-refractivity contribution is 6.27. The van der Waals surface area contributed by atoms with E-state index in [1.165, 1.54) is 0 Å². The standard InChI is InChI=1S/C33H38N4O4.C2H2O4/c1-4-37(5-2)33(40)25-12-9-17-36(20-25)21-26-18-24(13-15-28(26)23-10-7-6-8-11-23)32(39)34-27-14-16-30-29(19-27)35-31(38)22(3)41-30;3-1(4)2(5)6/h6-8,10-11,13-16,18-19,22,25H,4-5,9,12,17,20-21H2,1-3H3,(H,34,39)(H,35,38);(H,3,4)(H,5,6). The number of piperidine rings is 1. The fourth-order valence-electron chi connectivity index (χ4n) is 5.69. The lowest BCUT2D eigenvalue weighted by molar-refractivity contribution is -0.159. The molecule has 0 bridgehead atoms. The van der Waals surface area contributed by atoms with Crippen molar-refractivity contribution in [3.05, 3.63) is 77.9 Å². The maximum absolute atomic E-state index is 13.4. The molecule has 3 aromatic carbocycles. The van der Waals surface area contributed by atoms with Gasteiger partial charge in [-0.05, 0) is 87.2 Å². The van der Waals surface area contributed by atoms with E-state index in [1.54, 1.807) is 25.1 Å². The van der Waals surface area contributed by atoms with Gasteiger partial charge in [-0.3, -0.25) is 19.3 Å². The second-order valence-electron chi connectivity index (χ2n) is 11.3. The van der Waals surface area contributed by atoms with Crippen LogP contribution in [0.1, 0.15) is 49.5 Å². The van der Waals surface area contributed by atoms with E-state index in [4.69, 9.17) is 24.5 Å². The van der Waals surface area contributed by atoms with Crippen molar-refractivity contribution >= 4 is 41.0 Å². The van der Waals surface area contributed by atoms with Crippen molar-refractivity contribution in [3.8, 4) is 16.9 Å². The monoisotopic (exact) mass is 644 g/mol. The van der Waals surface area contributed by atoms with Gasteiger partial charge < -0.3 is 30.5 Å². The third-order valence-corrected chi connectivity index (χ3v) is 8.13. The molecular formula is C35H40N4O8. The smallest absolute Gasteiger partial charge is 0.414 e. The van der Waals surface area contributed by atoms with Gasteiger partial charge in [0.1, 0.15) is 5.75 Å². The van der Waals surface area contributed by atoms with Gasteiger partial charge in [-0.1, -0.05) is 36.4 Å². The molecule has 12 nitrogen and oxygen atoms in total. The van der Waals surface area contributed by atoms with E-state index in [0.717, 1.165) is 49.2 Å². The highest BCUT2D eigenvalue weighted by Crippen LogP contribution is 2.33. The number of carbonyl (C=O) groups excluding carboxylic acids is 3. The maximum atomic E-state index is 13.4. The van der Waals surface area contributed by atoms with Crippen LogP contribution in [0.5, 0.6) is 5.75 Å². The molecule has 2 aliphatic heterocycles. The van der Waals surface area contributed by atoms with Crippen LogP contribution in [-0.2, 0) is 25.7 Å². The third kappa shape index (κ3) is 8.95. The number of amides is 3. The van der Waals surface area contributed by atoms with Crippen LogP contribution in [0.25, 0.3) is 11.1 Å². The summed E-state index contributed by atoms with van der Waals surface area (Å²) >= 11 is 0. The largest absolute Gasteiger partial charge is 0.479 e. The molecule has 3 amide bonds. The van der Waals surface area contributed by atoms with Crippen LogP contribution < -0.4 is 15.4 Å². The summed E-state index contributed by atoms with van der Waals surface area (Å²) in [5, 5.41) is 20.6. The number of likely N-dealkylation sites (tertiary alicyclic amines) is 1. The van der Waals surface area contributed by atoms with Crippen LogP contribution in [-0.4, -0.2) is 82.0 Å². The summed E-state index contributed by atoms with van der Waals surface area (Å²) in [6.45, 7) is 9.47. The quantitative estimate of drug-likeness (QED) is 0.257. The highest BCUT2D eigenvalue weighted by atomic mass is 16.5. The van der Waals surface area contributed by atoms with Crippen LogP contribution in [0.2, 0.25) is 0 Å². The van der Waals surface area contributed by atoms with Crippen molar-refractivity contribution < 1.29 is 38.9 Å². The van der Waals surface area contributed by atoms with E-state index in [-0.39, 0.29) is 23.6 Å². The summed E-state index contributed by atoms with van der Waals surface area (Å²) in [6.07, 6.45) is 1.32. The Morgan fingerprint density at radius 3 is 2.34 bits per heavy atom. The van der Waals surface area contributed by atoms with Crippen molar-refractivity contribution in [2.45, 2.75) is 46.3 Å². The number of nitrogens with one attached hydrogen (secondary N) is 2. The summed E-state index contributed by atoms with van der Waals surface area (Å²) in [5.41, 5.74) is 4.84. The molecule has 12 heteroatoms.